The summed E-state index contributed by atoms with van der Waals surface area (Å²) in [5, 5.41) is 2.85. The monoisotopic (exact) mass is 280 g/mol. The summed E-state index contributed by atoms with van der Waals surface area (Å²) in [5.74, 6) is 0.486. The Morgan fingerprint density at radius 3 is 2.70 bits per heavy atom. The van der Waals surface area contributed by atoms with E-state index in [0.717, 1.165) is 19.4 Å². The number of nitrogens with two attached hydrogens (primary N) is 1. The number of nitrogen functional groups attached to an aromatic ring is 1. The first-order valence-electron chi connectivity index (χ1n) is 6.88. The minimum atomic E-state index is -0.157. The lowest BCUT2D eigenvalue weighted by Gasteiger charge is -2.10. The molecule has 0 aromatic heterocycles. The molecule has 0 aliphatic heterocycles. The summed E-state index contributed by atoms with van der Waals surface area (Å²) in [6, 6.07) is 5.04. The lowest BCUT2D eigenvalue weighted by Crippen LogP contribution is -2.25. The maximum absolute atomic E-state index is 11.9. The van der Waals surface area contributed by atoms with Gasteiger partial charge in [-0.3, -0.25) is 4.79 Å². The van der Waals surface area contributed by atoms with Gasteiger partial charge in [0.2, 0.25) is 0 Å². The van der Waals surface area contributed by atoms with Gasteiger partial charge in [-0.25, -0.2) is 0 Å². The lowest BCUT2D eigenvalue weighted by atomic mass is 10.1. The molecule has 5 heteroatoms. The summed E-state index contributed by atoms with van der Waals surface area (Å²) in [4.78, 5) is 11.9. The number of carbonyl (C=O) groups is 1. The smallest absolute Gasteiger partial charge is 0.253 e. The normalized spacial score (nSPS) is 10.6. The molecular formula is C15H24N2O3. The number of nitrogens with one attached hydrogen (secondary N) is 1. The molecule has 0 aliphatic rings. The molecule has 1 aromatic rings. The minimum absolute atomic E-state index is 0.157. The lowest BCUT2D eigenvalue weighted by molar-refractivity contribution is 0.0754. The van der Waals surface area contributed by atoms with E-state index in [9.17, 15) is 4.79 Å². The summed E-state index contributed by atoms with van der Waals surface area (Å²) in [5.41, 5.74) is 6.72. The summed E-state index contributed by atoms with van der Waals surface area (Å²) in [6.45, 7) is 5.35. The Morgan fingerprint density at radius 1 is 1.35 bits per heavy atom. The Labute approximate surface area is 120 Å². The summed E-state index contributed by atoms with van der Waals surface area (Å²) < 4.78 is 10.5. The summed E-state index contributed by atoms with van der Waals surface area (Å²) in [7, 11) is 1.56. The molecule has 0 spiro atoms. The van der Waals surface area contributed by atoms with Crippen molar-refractivity contribution in [1.82, 2.24) is 5.32 Å². The third kappa shape index (κ3) is 5.48. The molecule has 3 N–H and O–H groups in total. The van der Waals surface area contributed by atoms with Crippen molar-refractivity contribution in [3.63, 3.8) is 0 Å². The molecule has 0 bridgehead atoms. The number of ether oxygens (including phenoxy) is 2. The number of rotatable bonds is 8. The van der Waals surface area contributed by atoms with Crippen molar-refractivity contribution in [3.8, 4) is 5.75 Å². The average Bonchev–Trinajstić information content (AvgIpc) is 2.41. The summed E-state index contributed by atoms with van der Waals surface area (Å²) >= 11 is 0. The molecular weight excluding hydrogens is 256 g/mol. The Morgan fingerprint density at radius 2 is 2.10 bits per heavy atom. The Hall–Kier alpha value is -1.75. The van der Waals surface area contributed by atoms with Crippen LogP contribution in [0.4, 0.5) is 5.69 Å². The molecule has 20 heavy (non-hydrogen) atoms. The van der Waals surface area contributed by atoms with Crippen LogP contribution < -0.4 is 15.8 Å². The van der Waals surface area contributed by atoms with E-state index in [4.69, 9.17) is 15.2 Å². The molecule has 0 saturated carbocycles. The van der Waals surface area contributed by atoms with E-state index in [-0.39, 0.29) is 12.0 Å². The third-order valence-electron chi connectivity index (χ3n) is 2.81. The number of hydrogen-bond donors (Lipinski definition) is 2. The van der Waals surface area contributed by atoms with Gasteiger partial charge in [-0.1, -0.05) is 0 Å². The molecule has 0 saturated heterocycles. The molecule has 112 valence electrons. The van der Waals surface area contributed by atoms with E-state index in [1.165, 1.54) is 0 Å². The maximum Gasteiger partial charge on any atom is 0.253 e. The molecule has 5 nitrogen and oxygen atoms in total. The number of unbranched alkanes of at least 4 members (excludes halogenated alkanes) is 1. The Bertz CT molecular complexity index is 433. The van der Waals surface area contributed by atoms with E-state index >= 15 is 0 Å². The highest BCUT2D eigenvalue weighted by Gasteiger charge is 2.09. The molecule has 1 aromatic carbocycles. The van der Waals surface area contributed by atoms with Gasteiger partial charge >= 0.3 is 0 Å². The van der Waals surface area contributed by atoms with Gasteiger partial charge in [-0.05, 0) is 38.8 Å². The summed E-state index contributed by atoms with van der Waals surface area (Å²) in [6.07, 6.45) is 2.06. The van der Waals surface area contributed by atoms with Gasteiger partial charge in [0, 0.05) is 24.9 Å². The fourth-order valence-electron chi connectivity index (χ4n) is 1.72. The van der Waals surface area contributed by atoms with Crippen LogP contribution >= 0.6 is 0 Å². The topological polar surface area (TPSA) is 73.6 Å². The van der Waals surface area contributed by atoms with Crippen LogP contribution in [0.3, 0.4) is 0 Å². The van der Waals surface area contributed by atoms with Gasteiger partial charge in [-0.15, -0.1) is 0 Å². The third-order valence-corrected chi connectivity index (χ3v) is 2.81. The van der Waals surface area contributed by atoms with Gasteiger partial charge in [0.15, 0.2) is 0 Å². The Balaban J connectivity index is 2.32. The van der Waals surface area contributed by atoms with E-state index in [0.29, 0.717) is 23.5 Å². The van der Waals surface area contributed by atoms with Crippen molar-refractivity contribution in [2.45, 2.75) is 32.8 Å². The van der Waals surface area contributed by atoms with Crippen molar-refractivity contribution < 1.29 is 14.3 Å². The minimum Gasteiger partial charge on any atom is -0.497 e. The van der Waals surface area contributed by atoms with Crippen LogP contribution in [0.5, 0.6) is 5.75 Å². The number of benzene rings is 1. The number of methoxy groups -OCH3 is 1. The predicted octanol–water partition coefficient (Wildman–Crippen LogP) is 2.21. The van der Waals surface area contributed by atoms with Crippen LogP contribution in [0, 0.1) is 0 Å². The molecule has 0 aliphatic carbocycles. The first kappa shape index (κ1) is 16.3. The van der Waals surface area contributed by atoms with Crippen LogP contribution in [0.2, 0.25) is 0 Å². The van der Waals surface area contributed by atoms with Crippen LogP contribution in [0.1, 0.15) is 37.0 Å². The maximum atomic E-state index is 11.9. The fourth-order valence-corrected chi connectivity index (χ4v) is 1.72. The van der Waals surface area contributed by atoms with Crippen molar-refractivity contribution >= 4 is 11.6 Å². The zero-order chi connectivity index (χ0) is 15.0. The number of carbonyl (C=O) groups excluding carboxylic acids is 1. The molecule has 0 unspecified atom stereocenters. The van der Waals surface area contributed by atoms with Gasteiger partial charge in [0.05, 0.1) is 18.8 Å². The molecule has 0 heterocycles. The van der Waals surface area contributed by atoms with Crippen molar-refractivity contribution in [2.75, 3.05) is 26.0 Å². The van der Waals surface area contributed by atoms with E-state index in [2.05, 4.69) is 5.32 Å². The highest BCUT2D eigenvalue weighted by Crippen LogP contribution is 2.19. The second kappa shape index (κ2) is 8.43. The highest BCUT2D eigenvalue weighted by atomic mass is 16.5. The van der Waals surface area contributed by atoms with E-state index in [1.54, 1.807) is 25.3 Å². The van der Waals surface area contributed by atoms with Crippen molar-refractivity contribution in [1.29, 1.82) is 0 Å². The van der Waals surface area contributed by atoms with Crippen LogP contribution in [-0.4, -0.2) is 32.3 Å². The fraction of sp³-hybridized carbons (Fsp3) is 0.533. The van der Waals surface area contributed by atoms with Crippen LogP contribution in [0.15, 0.2) is 18.2 Å². The average molecular weight is 280 g/mol. The van der Waals surface area contributed by atoms with Gasteiger partial charge < -0.3 is 20.5 Å². The number of amides is 1. The zero-order valence-electron chi connectivity index (χ0n) is 12.4. The molecule has 0 radical (unpaired) electrons. The molecule has 0 fully saturated rings. The zero-order valence-corrected chi connectivity index (χ0v) is 12.4. The Kier molecular flexibility index (Phi) is 6.87. The van der Waals surface area contributed by atoms with Crippen molar-refractivity contribution in [3.05, 3.63) is 23.8 Å². The quantitative estimate of drug-likeness (QED) is 0.565. The highest BCUT2D eigenvalue weighted by molar-refractivity contribution is 5.99. The van der Waals surface area contributed by atoms with Crippen LogP contribution in [0.25, 0.3) is 0 Å². The first-order valence-corrected chi connectivity index (χ1v) is 6.88. The number of anilines is 1. The van der Waals surface area contributed by atoms with Gasteiger partial charge in [0.1, 0.15) is 5.75 Å². The second-order valence-corrected chi connectivity index (χ2v) is 4.84. The van der Waals surface area contributed by atoms with Gasteiger partial charge in [-0.2, -0.15) is 0 Å². The second-order valence-electron chi connectivity index (χ2n) is 4.84. The predicted molar refractivity (Wildman–Crippen MR) is 80.1 cm³/mol. The largest absolute Gasteiger partial charge is 0.497 e. The van der Waals surface area contributed by atoms with Crippen molar-refractivity contribution in [2.24, 2.45) is 0 Å². The van der Waals surface area contributed by atoms with E-state index in [1.807, 2.05) is 13.8 Å². The molecule has 1 amide bonds. The van der Waals surface area contributed by atoms with E-state index < -0.39 is 0 Å². The first-order chi connectivity index (χ1) is 9.54. The van der Waals surface area contributed by atoms with Gasteiger partial charge in [0.25, 0.3) is 5.91 Å². The SMILES string of the molecule is COc1ccc(C(=O)NCCCCOC(C)C)c(N)c1. The standard InChI is InChI=1S/C15H24N2O3/c1-11(2)20-9-5-4-8-17-15(18)13-7-6-12(19-3)10-14(13)16/h6-7,10-11H,4-5,8-9,16H2,1-3H3,(H,17,18). The number of hydrogen-bond acceptors (Lipinski definition) is 4. The van der Waals surface area contributed by atoms with Crippen LogP contribution in [-0.2, 0) is 4.74 Å². The molecule has 0 atom stereocenters. The molecule has 1 rings (SSSR count).